The molecular weight excluding hydrogens is 276 g/mol. The van der Waals surface area contributed by atoms with Crippen LogP contribution < -0.4 is 5.32 Å². The van der Waals surface area contributed by atoms with Gasteiger partial charge in [-0.25, -0.2) is 4.98 Å². The van der Waals surface area contributed by atoms with Gasteiger partial charge in [-0.2, -0.15) is 0 Å². The normalized spacial score (nSPS) is 12.5. The molecule has 1 atom stereocenters. The van der Waals surface area contributed by atoms with Crippen molar-refractivity contribution in [3.05, 3.63) is 52.0 Å². The standard InChI is InChI=1S/C18H26N2S/c1-3-12-19-17(13-18-14-21-15(2)20-18)11-7-10-16-8-5-4-6-9-16/h4-6,8-9,14,17,19H,3,7,10-13H2,1-2H3. The van der Waals surface area contributed by atoms with Gasteiger partial charge >= 0.3 is 0 Å². The minimum atomic E-state index is 0.551. The monoisotopic (exact) mass is 302 g/mol. The Morgan fingerprint density at radius 1 is 1.24 bits per heavy atom. The molecule has 0 amide bonds. The number of nitrogens with one attached hydrogen (secondary N) is 1. The second-order valence-corrected chi connectivity index (χ2v) is 6.65. The third kappa shape index (κ3) is 5.98. The highest BCUT2D eigenvalue weighted by atomic mass is 32.1. The molecule has 2 rings (SSSR count). The Kier molecular flexibility index (Phi) is 6.90. The van der Waals surface area contributed by atoms with Gasteiger partial charge < -0.3 is 5.32 Å². The van der Waals surface area contributed by atoms with Gasteiger partial charge in [0, 0.05) is 17.8 Å². The van der Waals surface area contributed by atoms with Crippen LogP contribution in [0.3, 0.4) is 0 Å². The van der Waals surface area contributed by atoms with Gasteiger partial charge in [-0.1, -0.05) is 37.3 Å². The molecule has 1 aromatic carbocycles. The van der Waals surface area contributed by atoms with Crippen molar-refractivity contribution in [3.63, 3.8) is 0 Å². The van der Waals surface area contributed by atoms with E-state index in [2.05, 4.69) is 59.9 Å². The molecule has 114 valence electrons. The van der Waals surface area contributed by atoms with Crippen LogP contribution in [0.15, 0.2) is 35.7 Å². The first kappa shape index (κ1) is 16.2. The molecule has 0 radical (unpaired) electrons. The van der Waals surface area contributed by atoms with Gasteiger partial charge in [0.25, 0.3) is 0 Å². The molecule has 0 aliphatic rings. The van der Waals surface area contributed by atoms with E-state index in [0.717, 1.165) is 13.0 Å². The summed E-state index contributed by atoms with van der Waals surface area (Å²) in [5, 5.41) is 7.05. The molecule has 3 heteroatoms. The van der Waals surface area contributed by atoms with Gasteiger partial charge in [-0.05, 0) is 44.7 Å². The van der Waals surface area contributed by atoms with Crippen molar-refractivity contribution in [1.29, 1.82) is 0 Å². The minimum absolute atomic E-state index is 0.551. The van der Waals surface area contributed by atoms with E-state index in [-0.39, 0.29) is 0 Å². The van der Waals surface area contributed by atoms with Crippen LogP contribution in [-0.4, -0.2) is 17.6 Å². The topological polar surface area (TPSA) is 24.9 Å². The van der Waals surface area contributed by atoms with E-state index in [9.17, 15) is 0 Å². The highest BCUT2D eigenvalue weighted by molar-refractivity contribution is 7.09. The molecule has 2 aromatic rings. The Morgan fingerprint density at radius 3 is 2.71 bits per heavy atom. The molecule has 0 saturated heterocycles. The summed E-state index contributed by atoms with van der Waals surface area (Å²) in [7, 11) is 0. The summed E-state index contributed by atoms with van der Waals surface area (Å²) in [4.78, 5) is 4.60. The number of aryl methyl sites for hydroxylation is 2. The largest absolute Gasteiger partial charge is 0.314 e. The molecule has 21 heavy (non-hydrogen) atoms. The molecule has 1 unspecified atom stereocenters. The third-order valence-electron chi connectivity index (χ3n) is 3.67. The lowest BCUT2D eigenvalue weighted by Gasteiger charge is -2.17. The SMILES string of the molecule is CCCNC(CCCc1ccccc1)Cc1csc(C)n1. The van der Waals surface area contributed by atoms with Crippen molar-refractivity contribution in [1.82, 2.24) is 10.3 Å². The average Bonchev–Trinajstić information content (AvgIpc) is 2.91. The Balaban J connectivity index is 1.81. The quantitative estimate of drug-likeness (QED) is 0.743. The number of aromatic nitrogens is 1. The van der Waals surface area contributed by atoms with Crippen molar-refractivity contribution in [2.45, 2.75) is 52.0 Å². The molecule has 1 heterocycles. The van der Waals surface area contributed by atoms with Crippen LogP contribution in [0.25, 0.3) is 0 Å². The number of rotatable bonds is 9. The smallest absolute Gasteiger partial charge is 0.0897 e. The highest BCUT2D eigenvalue weighted by Gasteiger charge is 2.10. The number of benzene rings is 1. The lowest BCUT2D eigenvalue weighted by Crippen LogP contribution is -2.32. The zero-order chi connectivity index (χ0) is 14.9. The van der Waals surface area contributed by atoms with Gasteiger partial charge in [0.1, 0.15) is 0 Å². The summed E-state index contributed by atoms with van der Waals surface area (Å²) in [6.07, 6.45) is 5.85. The molecule has 0 aliphatic heterocycles. The minimum Gasteiger partial charge on any atom is -0.314 e. The molecule has 1 aromatic heterocycles. The van der Waals surface area contributed by atoms with Crippen LogP contribution in [0.2, 0.25) is 0 Å². The maximum Gasteiger partial charge on any atom is 0.0897 e. The lowest BCUT2D eigenvalue weighted by atomic mass is 10.0. The predicted molar refractivity (Wildman–Crippen MR) is 92.0 cm³/mol. The molecule has 1 N–H and O–H groups in total. The van der Waals surface area contributed by atoms with Crippen LogP contribution in [0, 0.1) is 6.92 Å². The van der Waals surface area contributed by atoms with Crippen LogP contribution in [0.1, 0.15) is 42.5 Å². The fourth-order valence-corrected chi connectivity index (χ4v) is 3.20. The number of nitrogens with zero attached hydrogens (tertiary/aromatic N) is 1. The molecule has 2 nitrogen and oxygen atoms in total. The molecule has 0 aliphatic carbocycles. The van der Waals surface area contributed by atoms with E-state index in [1.807, 2.05) is 0 Å². The van der Waals surface area contributed by atoms with Crippen LogP contribution in [0.4, 0.5) is 0 Å². The molecule has 0 saturated carbocycles. The summed E-state index contributed by atoms with van der Waals surface area (Å²) in [6.45, 7) is 5.40. The van der Waals surface area contributed by atoms with E-state index < -0.39 is 0 Å². The Labute approximate surface area is 132 Å². The van der Waals surface area contributed by atoms with Gasteiger partial charge in [0.15, 0.2) is 0 Å². The number of hydrogen-bond acceptors (Lipinski definition) is 3. The molecule has 0 bridgehead atoms. The van der Waals surface area contributed by atoms with Gasteiger partial charge in [-0.3, -0.25) is 0 Å². The first-order chi connectivity index (χ1) is 10.3. The van der Waals surface area contributed by atoms with Gasteiger partial charge in [-0.15, -0.1) is 11.3 Å². The second kappa shape index (κ2) is 8.96. The first-order valence-electron chi connectivity index (χ1n) is 7.96. The van der Waals surface area contributed by atoms with Crippen LogP contribution in [-0.2, 0) is 12.8 Å². The first-order valence-corrected chi connectivity index (χ1v) is 8.84. The van der Waals surface area contributed by atoms with Crippen molar-refractivity contribution >= 4 is 11.3 Å². The Bertz CT molecular complexity index is 507. The molecular formula is C18H26N2S. The van der Waals surface area contributed by atoms with Crippen LogP contribution in [0.5, 0.6) is 0 Å². The van der Waals surface area contributed by atoms with Crippen LogP contribution >= 0.6 is 11.3 Å². The summed E-state index contributed by atoms with van der Waals surface area (Å²) in [5.74, 6) is 0. The van der Waals surface area contributed by atoms with E-state index >= 15 is 0 Å². The maximum absolute atomic E-state index is 4.60. The van der Waals surface area contributed by atoms with E-state index in [1.165, 1.54) is 41.9 Å². The number of hydrogen-bond donors (Lipinski definition) is 1. The van der Waals surface area contributed by atoms with Crippen molar-refractivity contribution in [2.24, 2.45) is 0 Å². The van der Waals surface area contributed by atoms with E-state index in [0.29, 0.717) is 6.04 Å². The second-order valence-electron chi connectivity index (χ2n) is 5.59. The summed E-state index contributed by atoms with van der Waals surface area (Å²) in [6, 6.07) is 11.3. The van der Waals surface area contributed by atoms with E-state index in [4.69, 9.17) is 0 Å². The molecule has 0 fully saturated rings. The predicted octanol–water partition coefficient (Wildman–Crippen LogP) is 4.39. The van der Waals surface area contributed by atoms with Crippen molar-refractivity contribution < 1.29 is 0 Å². The zero-order valence-corrected chi connectivity index (χ0v) is 14.0. The Hall–Kier alpha value is -1.19. The Morgan fingerprint density at radius 2 is 2.05 bits per heavy atom. The van der Waals surface area contributed by atoms with Crippen molar-refractivity contribution in [3.8, 4) is 0 Å². The fraction of sp³-hybridized carbons (Fsp3) is 0.500. The van der Waals surface area contributed by atoms with Crippen molar-refractivity contribution in [2.75, 3.05) is 6.54 Å². The average molecular weight is 302 g/mol. The fourth-order valence-electron chi connectivity index (χ4n) is 2.58. The zero-order valence-electron chi connectivity index (χ0n) is 13.1. The summed E-state index contributed by atoms with van der Waals surface area (Å²) < 4.78 is 0. The highest BCUT2D eigenvalue weighted by Crippen LogP contribution is 2.13. The summed E-state index contributed by atoms with van der Waals surface area (Å²) >= 11 is 1.75. The molecule has 0 spiro atoms. The lowest BCUT2D eigenvalue weighted by molar-refractivity contribution is 0.461. The third-order valence-corrected chi connectivity index (χ3v) is 4.49. The van der Waals surface area contributed by atoms with E-state index in [1.54, 1.807) is 11.3 Å². The van der Waals surface area contributed by atoms with Gasteiger partial charge in [0.2, 0.25) is 0 Å². The van der Waals surface area contributed by atoms with Gasteiger partial charge in [0.05, 0.1) is 10.7 Å². The summed E-state index contributed by atoms with van der Waals surface area (Å²) in [5.41, 5.74) is 2.68. The number of thiazole rings is 1. The maximum atomic E-state index is 4.60.